The maximum atomic E-state index is 14.4. The Kier molecular flexibility index (Phi) is 5.77. The van der Waals surface area contributed by atoms with Gasteiger partial charge >= 0.3 is 0 Å². The molecule has 0 aliphatic heterocycles. The zero-order valence-corrected chi connectivity index (χ0v) is 19.1. The van der Waals surface area contributed by atoms with Crippen LogP contribution in [0.15, 0.2) is 64.0 Å². The van der Waals surface area contributed by atoms with Gasteiger partial charge in [0.25, 0.3) is 11.5 Å². The highest BCUT2D eigenvalue weighted by atomic mass is 79.9. The Labute approximate surface area is 195 Å². The molecule has 2 aromatic carbocycles. The summed E-state index contributed by atoms with van der Waals surface area (Å²) < 4.78 is 23.5. The van der Waals surface area contributed by atoms with Crippen LogP contribution in [-0.4, -0.2) is 20.9 Å². The van der Waals surface area contributed by atoms with E-state index < -0.39 is 17.3 Å². The van der Waals surface area contributed by atoms with E-state index in [1.807, 2.05) is 0 Å². The number of carbonyl (C=O) groups excluding carboxylic acids is 2. The van der Waals surface area contributed by atoms with E-state index in [1.165, 1.54) is 30.7 Å². The van der Waals surface area contributed by atoms with Crippen molar-refractivity contribution in [2.75, 3.05) is 5.32 Å². The van der Waals surface area contributed by atoms with Crippen molar-refractivity contribution in [2.24, 2.45) is 12.8 Å². The van der Waals surface area contributed by atoms with E-state index in [9.17, 15) is 18.8 Å². The normalized spacial score (nSPS) is 10.9. The fourth-order valence-corrected chi connectivity index (χ4v) is 3.81. The van der Waals surface area contributed by atoms with E-state index >= 15 is 0 Å². The molecule has 4 aromatic rings. The Morgan fingerprint density at radius 2 is 1.88 bits per heavy atom. The van der Waals surface area contributed by atoms with Crippen molar-refractivity contribution in [2.45, 2.75) is 6.92 Å². The minimum absolute atomic E-state index is 0.0281. The van der Waals surface area contributed by atoms with Crippen LogP contribution in [0, 0.1) is 5.82 Å². The van der Waals surface area contributed by atoms with Gasteiger partial charge in [-0.25, -0.2) is 4.39 Å². The summed E-state index contributed by atoms with van der Waals surface area (Å²) in [6, 6.07) is 12.2. The molecular weight excluding hydrogens is 495 g/mol. The number of ether oxygens (including phenoxy) is 1. The lowest BCUT2D eigenvalue weighted by Gasteiger charge is -2.18. The summed E-state index contributed by atoms with van der Waals surface area (Å²) in [6.07, 6.45) is 1.60. The smallest absolute Gasteiger partial charge is 0.256 e. The SMILES string of the molecule is CC(=O)n1ccc2c(Oc3cc(=O)n(C)c(Nc4ccc(Br)cc4F)c3C(N)=O)cccc21. The first-order chi connectivity index (χ1) is 15.7. The third-order valence-corrected chi connectivity index (χ3v) is 5.58. The average molecular weight is 513 g/mol. The minimum Gasteiger partial charge on any atom is -0.455 e. The second-order valence-electron chi connectivity index (χ2n) is 7.24. The molecule has 0 radical (unpaired) electrons. The molecule has 1 amide bonds. The Morgan fingerprint density at radius 1 is 1.12 bits per heavy atom. The lowest BCUT2D eigenvalue weighted by Crippen LogP contribution is -2.25. The molecule has 2 aromatic heterocycles. The fourth-order valence-electron chi connectivity index (χ4n) is 3.48. The first-order valence-electron chi connectivity index (χ1n) is 9.72. The summed E-state index contributed by atoms with van der Waals surface area (Å²) >= 11 is 3.18. The van der Waals surface area contributed by atoms with Crippen molar-refractivity contribution >= 4 is 50.2 Å². The number of amides is 1. The van der Waals surface area contributed by atoms with Gasteiger partial charge in [0, 0.05) is 36.1 Å². The first-order valence-corrected chi connectivity index (χ1v) is 10.5. The maximum Gasteiger partial charge on any atom is 0.256 e. The van der Waals surface area contributed by atoms with Gasteiger partial charge in [-0.15, -0.1) is 0 Å². The minimum atomic E-state index is -0.880. The van der Waals surface area contributed by atoms with Crippen molar-refractivity contribution in [3.63, 3.8) is 0 Å². The van der Waals surface area contributed by atoms with Crippen LogP contribution >= 0.6 is 15.9 Å². The van der Waals surface area contributed by atoms with E-state index in [4.69, 9.17) is 10.5 Å². The highest BCUT2D eigenvalue weighted by Gasteiger charge is 2.22. The van der Waals surface area contributed by atoms with Gasteiger partial charge in [0.05, 0.1) is 11.2 Å². The van der Waals surface area contributed by atoms with Gasteiger partial charge in [-0.3, -0.25) is 23.5 Å². The molecule has 4 rings (SSSR count). The third kappa shape index (κ3) is 4.12. The predicted octanol–water partition coefficient (Wildman–Crippen LogP) is 4.54. The highest BCUT2D eigenvalue weighted by Crippen LogP contribution is 2.35. The van der Waals surface area contributed by atoms with Crippen LogP contribution in [-0.2, 0) is 7.05 Å². The highest BCUT2D eigenvalue weighted by molar-refractivity contribution is 9.10. The molecule has 0 spiro atoms. The fraction of sp³-hybridized carbons (Fsp3) is 0.0870. The number of hydrogen-bond donors (Lipinski definition) is 2. The molecule has 168 valence electrons. The number of pyridine rings is 1. The number of aromatic nitrogens is 2. The third-order valence-electron chi connectivity index (χ3n) is 5.09. The van der Waals surface area contributed by atoms with Gasteiger partial charge in [-0.2, -0.15) is 0 Å². The van der Waals surface area contributed by atoms with Crippen molar-refractivity contribution in [1.82, 2.24) is 9.13 Å². The van der Waals surface area contributed by atoms with Gasteiger partial charge in [0.1, 0.15) is 28.7 Å². The molecule has 33 heavy (non-hydrogen) atoms. The number of primary amides is 1. The van der Waals surface area contributed by atoms with Crippen molar-refractivity contribution in [3.05, 3.63) is 80.9 Å². The molecule has 3 N–H and O–H groups in total. The molecule has 0 saturated heterocycles. The van der Waals surface area contributed by atoms with Crippen LogP contribution in [0.4, 0.5) is 15.9 Å². The first kappa shape index (κ1) is 22.3. The van der Waals surface area contributed by atoms with Gasteiger partial charge in [-0.05, 0) is 36.4 Å². The van der Waals surface area contributed by atoms with Gasteiger partial charge < -0.3 is 15.8 Å². The Bertz CT molecular complexity index is 1490. The zero-order valence-electron chi connectivity index (χ0n) is 17.6. The summed E-state index contributed by atoms with van der Waals surface area (Å²) in [5, 5.41) is 3.37. The van der Waals surface area contributed by atoms with Crippen LogP contribution in [0.5, 0.6) is 11.5 Å². The largest absolute Gasteiger partial charge is 0.455 e. The Hall–Kier alpha value is -3.92. The number of rotatable bonds is 5. The van der Waals surface area contributed by atoms with Crippen LogP contribution in [0.25, 0.3) is 10.9 Å². The van der Waals surface area contributed by atoms with Crippen molar-refractivity contribution in [1.29, 1.82) is 0 Å². The number of anilines is 2. The molecule has 0 aliphatic rings. The molecule has 10 heteroatoms. The van der Waals surface area contributed by atoms with Crippen LogP contribution in [0.1, 0.15) is 22.1 Å². The second-order valence-corrected chi connectivity index (χ2v) is 8.15. The number of hydrogen-bond acceptors (Lipinski definition) is 5. The number of nitrogens with zero attached hydrogens (tertiary/aromatic N) is 2. The molecule has 0 aliphatic carbocycles. The van der Waals surface area contributed by atoms with Crippen molar-refractivity contribution in [3.8, 4) is 11.5 Å². The molecule has 0 atom stereocenters. The van der Waals surface area contributed by atoms with E-state index in [1.54, 1.807) is 36.5 Å². The summed E-state index contributed by atoms with van der Waals surface area (Å²) in [6.45, 7) is 1.43. The molecule has 0 bridgehead atoms. The lowest BCUT2D eigenvalue weighted by atomic mass is 10.2. The molecule has 0 fully saturated rings. The van der Waals surface area contributed by atoms with Crippen LogP contribution in [0.3, 0.4) is 0 Å². The lowest BCUT2D eigenvalue weighted by molar-refractivity contribution is 0.0940. The maximum absolute atomic E-state index is 14.4. The molecule has 0 saturated carbocycles. The van der Waals surface area contributed by atoms with Gasteiger partial charge in [0.15, 0.2) is 0 Å². The number of nitrogens with one attached hydrogen (secondary N) is 1. The quantitative estimate of drug-likeness (QED) is 0.408. The van der Waals surface area contributed by atoms with Gasteiger partial charge in [0.2, 0.25) is 5.91 Å². The topological polar surface area (TPSA) is 108 Å². The molecular formula is C23H18BrFN4O4. The summed E-state index contributed by atoms with van der Waals surface area (Å²) in [5.41, 5.74) is 5.62. The van der Waals surface area contributed by atoms with E-state index in [2.05, 4.69) is 21.2 Å². The molecule has 0 unspecified atom stereocenters. The van der Waals surface area contributed by atoms with Crippen LogP contribution < -0.4 is 21.3 Å². The predicted molar refractivity (Wildman–Crippen MR) is 126 cm³/mol. The zero-order chi connectivity index (χ0) is 23.9. The Morgan fingerprint density at radius 3 is 2.55 bits per heavy atom. The van der Waals surface area contributed by atoms with E-state index in [-0.39, 0.29) is 28.7 Å². The monoisotopic (exact) mass is 512 g/mol. The van der Waals surface area contributed by atoms with Crippen molar-refractivity contribution < 1.29 is 18.7 Å². The van der Waals surface area contributed by atoms with Crippen LogP contribution in [0.2, 0.25) is 0 Å². The number of nitrogens with two attached hydrogens (primary N) is 1. The summed E-state index contributed by atoms with van der Waals surface area (Å²) in [5.74, 6) is -1.49. The number of halogens is 2. The average Bonchev–Trinajstić information content (AvgIpc) is 3.18. The van der Waals surface area contributed by atoms with Gasteiger partial charge in [-0.1, -0.05) is 22.0 Å². The number of benzene rings is 2. The Balaban J connectivity index is 1.86. The summed E-state index contributed by atoms with van der Waals surface area (Å²) in [4.78, 5) is 36.9. The number of carbonyl (C=O) groups is 2. The van der Waals surface area contributed by atoms with E-state index in [0.717, 1.165) is 10.6 Å². The second kappa shape index (κ2) is 8.55. The molecule has 2 heterocycles. The standard InChI is InChI=1S/C23H18BrFN4O4/c1-12(30)29-9-8-14-17(29)4-3-5-18(14)33-19-11-20(31)28(2)23(21(19)22(26)32)27-16-7-6-13(24)10-15(16)25/h3-11,27H,1-2H3,(H2,26,32). The number of fused-ring (bicyclic) bond motifs is 1. The van der Waals surface area contributed by atoms with E-state index in [0.29, 0.717) is 21.1 Å². The summed E-state index contributed by atoms with van der Waals surface area (Å²) in [7, 11) is 1.42. The molecule has 8 nitrogen and oxygen atoms in total.